The third-order valence-corrected chi connectivity index (χ3v) is 13.4. The van der Waals surface area contributed by atoms with Gasteiger partial charge in [-0.1, -0.05) is 207 Å². The molecule has 0 fully saturated rings. The van der Waals surface area contributed by atoms with Gasteiger partial charge in [-0.15, -0.1) is 0 Å². The van der Waals surface area contributed by atoms with Gasteiger partial charge in [0.25, 0.3) is 0 Å². The molecule has 1 heterocycles. The lowest BCUT2D eigenvalue weighted by atomic mass is 9.70. The Morgan fingerprint density at radius 1 is 0.328 bits per heavy atom. The highest BCUT2D eigenvalue weighted by Crippen LogP contribution is 2.63. The summed E-state index contributed by atoms with van der Waals surface area (Å²) >= 11 is 0. The van der Waals surface area contributed by atoms with Crippen molar-refractivity contribution >= 4 is 5.57 Å². The van der Waals surface area contributed by atoms with Gasteiger partial charge in [0.1, 0.15) is 0 Å². The molecule has 2 aliphatic rings. The van der Waals surface area contributed by atoms with E-state index < -0.39 is 5.41 Å². The number of allylic oxidation sites excluding steroid dienone is 4. The number of aromatic nitrogens is 3. The molecule has 0 saturated heterocycles. The van der Waals surface area contributed by atoms with Gasteiger partial charge in [0, 0.05) is 16.7 Å². The lowest BCUT2D eigenvalue weighted by Crippen LogP contribution is -2.25. The zero-order valence-corrected chi connectivity index (χ0v) is 36.8. The fourth-order valence-electron chi connectivity index (χ4n) is 10.5. The summed E-state index contributed by atoms with van der Waals surface area (Å²) < 4.78 is 0. The van der Waals surface area contributed by atoms with Crippen molar-refractivity contribution in [1.82, 2.24) is 15.0 Å². The molecule has 3 nitrogen and oxygen atoms in total. The van der Waals surface area contributed by atoms with Crippen LogP contribution in [0.15, 0.2) is 250 Å². The van der Waals surface area contributed by atoms with Crippen LogP contribution >= 0.6 is 0 Å². The number of hydrogen-bond acceptors (Lipinski definition) is 3. The first-order valence-corrected chi connectivity index (χ1v) is 22.7. The lowest BCUT2D eigenvalue weighted by Gasteiger charge is -2.30. The van der Waals surface area contributed by atoms with E-state index in [2.05, 4.69) is 225 Å². The van der Waals surface area contributed by atoms with E-state index in [1.54, 1.807) is 6.08 Å². The average molecular weight is 854 g/mol. The summed E-state index contributed by atoms with van der Waals surface area (Å²) in [6, 6.07) is 78.3. The van der Waals surface area contributed by atoms with Crippen LogP contribution in [0, 0.1) is 0 Å². The van der Waals surface area contributed by atoms with Crippen LogP contribution < -0.4 is 0 Å². The van der Waals surface area contributed by atoms with Gasteiger partial charge in [0.05, 0.1) is 5.41 Å². The molecule has 12 rings (SSSR count). The molecule has 1 aromatic heterocycles. The molecule has 0 aliphatic heterocycles. The Labute approximate surface area is 391 Å². The second kappa shape index (κ2) is 16.3. The number of benzene rings is 9. The zero-order chi connectivity index (χ0) is 44.9. The van der Waals surface area contributed by atoms with E-state index in [0.29, 0.717) is 17.5 Å². The molecule has 10 aromatic rings. The summed E-state index contributed by atoms with van der Waals surface area (Å²) in [5.74, 6) is 1.75. The van der Waals surface area contributed by atoms with Crippen LogP contribution in [0.25, 0.3) is 95.4 Å². The van der Waals surface area contributed by atoms with Crippen LogP contribution in [0.3, 0.4) is 0 Å². The SMILES string of the molecule is C=C/C=C(\C=C)c1cc(-c2ccccc2)cc(-c2nc(-c3cc(-c4ccccc4)cc(-c4ccccc4)c3)nc(-c3ccc4c(c3)C3(c5ccccc5-c5ccccc53)c3ccccc3-4)n2)c1. The predicted molar refractivity (Wildman–Crippen MR) is 277 cm³/mol. The molecule has 0 amide bonds. The number of rotatable bonds is 9. The summed E-state index contributed by atoms with van der Waals surface area (Å²) in [6.07, 6.45) is 5.66. The topological polar surface area (TPSA) is 38.7 Å². The third kappa shape index (κ3) is 6.63. The molecule has 1 spiro atoms. The fraction of sp³-hybridized carbons (Fsp3) is 0.0156. The van der Waals surface area contributed by atoms with E-state index in [1.165, 1.54) is 44.5 Å². The summed E-state index contributed by atoms with van der Waals surface area (Å²) in [7, 11) is 0. The van der Waals surface area contributed by atoms with Crippen LogP contribution in [0.5, 0.6) is 0 Å². The highest BCUT2D eigenvalue weighted by molar-refractivity contribution is 5.96. The van der Waals surface area contributed by atoms with Crippen LogP contribution in [-0.2, 0) is 5.41 Å². The molecule has 9 aromatic carbocycles. The molecular formula is C64H43N3. The molecule has 0 unspecified atom stereocenters. The van der Waals surface area contributed by atoms with Gasteiger partial charge < -0.3 is 0 Å². The smallest absolute Gasteiger partial charge is 0.164 e. The maximum Gasteiger partial charge on any atom is 0.164 e. The minimum atomic E-state index is -0.514. The number of nitrogens with zero attached hydrogens (tertiary/aromatic N) is 3. The van der Waals surface area contributed by atoms with E-state index >= 15 is 0 Å². The van der Waals surface area contributed by atoms with E-state index in [0.717, 1.165) is 61.2 Å². The molecule has 67 heavy (non-hydrogen) atoms. The van der Waals surface area contributed by atoms with Gasteiger partial charge in [-0.05, 0) is 131 Å². The Balaban J connectivity index is 1.13. The first-order chi connectivity index (χ1) is 33.1. The third-order valence-electron chi connectivity index (χ3n) is 13.4. The van der Waals surface area contributed by atoms with E-state index in [-0.39, 0.29) is 0 Å². The molecule has 0 bridgehead atoms. The second-order valence-corrected chi connectivity index (χ2v) is 17.2. The summed E-state index contributed by atoms with van der Waals surface area (Å²) in [5.41, 5.74) is 20.7. The van der Waals surface area contributed by atoms with Crippen molar-refractivity contribution in [3.8, 4) is 89.8 Å². The maximum atomic E-state index is 5.47. The van der Waals surface area contributed by atoms with E-state index in [4.69, 9.17) is 15.0 Å². The van der Waals surface area contributed by atoms with Crippen molar-refractivity contribution in [1.29, 1.82) is 0 Å². The molecular weight excluding hydrogens is 811 g/mol. The zero-order valence-electron chi connectivity index (χ0n) is 36.8. The minimum absolute atomic E-state index is 0.514. The number of fused-ring (bicyclic) bond motifs is 10. The molecule has 2 aliphatic carbocycles. The Hall–Kier alpha value is -8.79. The van der Waals surface area contributed by atoms with Crippen LogP contribution in [0.4, 0.5) is 0 Å². The molecule has 314 valence electrons. The van der Waals surface area contributed by atoms with Crippen molar-refractivity contribution in [2.45, 2.75) is 5.41 Å². The second-order valence-electron chi connectivity index (χ2n) is 17.2. The first kappa shape index (κ1) is 39.8. The largest absolute Gasteiger partial charge is 0.208 e. The normalized spacial score (nSPS) is 12.8. The van der Waals surface area contributed by atoms with Gasteiger partial charge in [-0.3, -0.25) is 0 Å². The summed E-state index contributed by atoms with van der Waals surface area (Å²) in [4.78, 5) is 16.3. The van der Waals surface area contributed by atoms with Crippen molar-refractivity contribution in [2.75, 3.05) is 0 Å². The minimum Gasteiger partial charge on any atom is -0.208 e. The van der Waals surface area contributed by atoms with Gasteiger partial charge in [-0.2, -0.15) is 0 Å². The van der Waals surface area contributed by atoms with Gasteiger partial charge in [-0.25, -0.2) is 15.0 Å². The standard InChI is InChI=1S/C64H43N3/c1-3-20-42(4-2)47-35-48(43-21-8-5-9-22-43)38-51(37-47)62-65-61(66-63(67-62)52-39-49(44-23-10-6-11-24-44)36-50(40-52)45-25-12-7-13-26-45)46-33-34-56-55-29-16-19-32-59(55)64(60(56)41-46)57-30-17-14-27-53(57)54-28-15-18-31-58(54)64/h3-41H,1-2H2/b42-20+. The Morgan fingerprint density at radius 3 is 1.16 bits per heavy atom. The molecule has 0 atom stereocenters. The average Bonchev–Trinajstić information content (AvgIpc) is 3.87. The van der Waals surface area contributed by atoms with Crippen LogP contribution in [0.1, 0.15) is 27.8 Å². The fourth-order valence-corrected chi connectivity index (χ4v) is 10.5. The monoisotopic (exact) mass is 853 g/mol. The summed E-state index contributed by atoms with van der Waals surface area (Å²) in [5, 5.41) is 0. The first-order valence-electron chi connectivity index (χ1n) is 22.7. The lowest BCUT2D eigenvalue weighted by molar-refractivity contribution is 0.794. The van der Waals surface area contributed by atoms with E-state index in [9.17, 15) is 0 Å². The Bertz CT molecular complexity index is 3480. The van der Waals surface area contributed by atoms with Crippen molar-refractivity contribution < 1.29 is 0 Å². The van der Waals surface area contributed by atoms with Crippen molar-refractivity contribution in [2.24, 2.45) is 0 Å². The van der Waals surface area contributed by atoms with Gasteiger partial charge in [0.2, 0.25) is 0 Å². The number of hydrogen-bond donors (Lipinski definition) is 0. The van der Waals surface area contributed by atoms with Crippen LogP contribution in [-0.4, -0.2) is 15.0 Å². The highest BCUT2D eigenvalue weighted by Gasteiger charge is 2.51. The Morgan fingerprint density at radius 2 is 0.701 bits per heavy atom. The molecule has 0 N–H and O–H groups in total. The van der Waals surface area contributed by atoms with Gasteiger partial charge >= 0.3 is 0 Å². The predicted octanol–water partition coefficient (Wildman–Crippen LogP) is 16.0. The maximum absolute atomic E-state index is 5.47. The van der Waals surface area contributed by atoms with Crippen LogP contribution in [0.2, 0.25) is 0 Å². The van der Waals surface area contributed by atoms with Crippen molar-refractivity contribution in [3.05, 3.63) is 278 Å². The molecule has 0 saturated carbocycles. The van der Waals surface area contributed by atoms with Gasteiger partial charge in [0.15, 0.2) is 17.5 Å². The quantitative estimate of drug-likeness (QED) is 0.136. The highest BCUT2D eigenvalue weighted by atomic mass is 15.0. The van der Waals surface area contributed by atoms with E-state index in [1.807, 2.05) is 18.2 Å². The Kier molecular flexibility index (Phi) is 9.69. The summed E-state index contributed by atoms with van der Waals surface area (Å²) in [6.45, 7) is 8.19. The van der Waals surface area contributed by atoms with Crippen molar-refractivity contribution in [3.63, 3.8) is 0 Å². The molecule has 0 radical (unpaired) electrons. The molecule has 3 heteroatoms.